The van der Waals surface area contributed by atoms with Crippen LogP contribution in [-0.4, -0.2) is 34.8 Å². The van der Waals surface area contributed by atoms with E-state index >= 15 is 0 Å². The predicted octanol–water partition coefficient (Wildman–Crippen LogP) is 2.07. The molecule has 42 heavy (non-hydrogen) atoms. The molecule has 4 saturated carbocycles. The second kappa shape index (κ2) is 11.1. The number of rotatable bonds is 5. The van der Waals surface area contributed by atoms with Gasteiger partial charge in [0.2, 0.25) is 5.91 Å². The van der Waals surface area contributed by atoms with Crippen molar-refractivity contribution in [2.75, 3.05) is 0 Å². The van der Waals surface area contributed by atoms with Crippen LogP contribution < -0.4 is 61.8 Å². The van der Waals surface area contributed by atoms with Crippen LogP contribution >= 0.6 is 0 Å². The van der Waals surface area contributed by atoms with Crippen molar-refractivity contribution in [2.24, 2.45) is 50.2 Å². The van der Waals surface area contributed by atoms with E-state index in [9.17, 15) is 29.4 Å². The van der Waals surface area contributed by atoms with E-state index in [1.165, 1.54) is 5.57 Å². The molecule has 8 heteroatoms. The fourth-order valence-electron chi connectivity index (χ4n) is 11.1. The average Bonchev–Trinajstić information content (AvgIpc) is 2.86. The second-order valence-electron chi connectivity index (χ2n) is 16.4. The molecule has 5 aliphatic carbocycles. The molecule has 0 aliphatic heterocycles. The summed E-state index contributed by atoms with van der Waals surface area (Å²) in [6.45, 7) is 15.7. The van der Waals surface area contributed by atoms with Crippen molar-refractivity contribution >= 4 is 23.6 Å². The number of nitrogens with one attached hydrogen (secondary N) is 1. The Morgan fingerprint density at radius 3 is 2.19 bits per heavy atom. The van der Waals surface area contributed by atoms with Gasteiger partial charge in [-0.3, -0.25) is 14.4 Å². The van der Waals surface area contributed by atoms with Crippen molar-refractivity contribution in [3.63, 3.8) is 0 Å². The molecule has 0 saturated heterocycles. The Hall–Kier alpha value is -0.544. The minimum absolute atomic E-state index is 0. The number of ketones is 1. The Morgan fingerprint density at radius 2 is 1.57 bits per heavy atom. The molecule has 0 bridgehead atoms. The topological polar surface area (TPSA) is 124 Å². The number of carbonyl (C=O) groups is 4. The van der Waals surface area contributed by atoms with Crippen LogP contribution in [0.4, 0.5) is 0 Å². The molecule has 4 fully saturated rings. The quantitative estimate of drug-likeness (QED) is 0.462. The Bertz CT molecular complexity index is 1210. The largest absolute Gasteiger partial charge is 1.00 e. The number of allylic oxidation sites excluding steroid dienone is 2. The van der Waals surface area contributed by atoms with Gasteiger partial charge in [0.05, 0.1) is 5.41 Å². The van der Waals surface area contributed by atoms with Crippen molar-refractivity contribution in [2.45, 2.75) is 125 Å². The molecular formula is C34H50KNO6. The van der Waals surface area contributed by atoms with Crippen molar-refractivity contribution in [3.8, 4) is 0 Å². The standard InChI is InChI=1S/C34H51NO6.K/c1-29(2)23-10-13-34(7)27(32(23,5)12-11-24(29)35-25(37)8-9-26(38)39)22(36)18-20-21-19-31(4,28(40)41)15-14-30(21,3)16-17-33(20,34)6;/h18,21,23-24,27H,8-17,19H2,1-7H3,(H,35,37)(H,38,39)(H,40,41);/q;+1/p-1/t21-,23?,24-,27?,30+,31-,32-,33+,34+;/m0./s1. The van der Waals surface area contributed by atoms with Gasteiger partial charge in [-0.1, -0.05) is 47.1 Å². The number of fused-ring (bicyclic) bond motifs is 7. The Kier molecular flexibility index (Phi) is 9.04. The average molecular weight is 608 g/mol. The summed E-state index contributed by atoms with van der Waals surface area (Å²) in [5.74, 6) is -1.78. The molecule has 228 valence electrons. The normalized spacial score (nSPS) is 45.5. The van der Waals surface area contributed by atoms with Crippen molar-refractivity contribution in [1.29, 1.82) is 0 Å². The van der Waals surface area contributed by atoms with Crippen LogP contribution in [0.2, 0.25) is 0 Å². The Morgan fingerprint density at radius 1 is 0.929 bits per heavy atom. The molecule has 7 nitrogen and oxygen atoms in total. The molecular weight excluding hydrogens is 557 g/mol. The number of hydrogen-bond acceptors (Lipinski definition) is 5. The van der Waals surface area contributed by atoms with E-state index in [1.54, 1.807) is 0 Å². The minimum Gasteiger partial charge on any atom is -0.550 e. The third kappa shape index (κ3) is 4.96. The fraction of sp³-hybridized carbons (Fsp3) is 0.824. The van der Waals surface area contributed by atoms with Crippen LogP contribution in [0.15, 0.2) is 11.6 Å². The zero-order chi connectivity index (χ0) is 30.4. The summed E-state index contributed by atoms with van der Waals surface area (Å²) in [6, 6.07) is -0.0779. The van der Waals surface area contributed by atoms with Gasteiger partial charge in [0.15, 0.2) is 5.78 Å². The molecule has 1 amide bonds. The third-order valence-corrected chi connectivity index (χ3v) is 14.0. The first-order valence-corrected chi connectivity index (χ1v) is 15.8. The van der Waals surface area contributed by atoms with Crippen molar-refractivity contribution < 1.29 is 80.8 Å². The fourth-order valence-corrected chi connectivity index (χ4v) is 11.1. The zero-order valence-corrected chi connectivity index (χ0v) is 30.3. The predicted molar refractivity (Wildman–Crippen MR) is 153 cm³/mol. The summed E-state index contributed by atoms with van der Waals surface area (Å²) in [7, 11) is 0. The molecule has 2 N–H and O–H groups in total. The maximum atomic E-state index is 14.5. The van der Waals surface area contributed by atoms with Gasteiger partial charge in [-0.25, -0.2) is 0 Å². The van der Waals surface area contributed by atoms with Gasteiger partial charge in [-0.2, -0.15) is 0 Å². The number of amides is 1. The van der Waals surface area contributed by atoms with E-state index in [1.807, 2.05) is 13.0 Å². The molecule has 9 atom stereocenters. The second-order valence-corrected chi connectivity index (χ2v) is 16.4. The summed E-state index contributed by atoms with van der Waals surface area (Å²) >= 11 is 0. The van der Waals surface area contributed by atoms with Crippen LogP contribution in [0.25, 0.3) is 0 Å². The number of aliphatic carboxylic acids is 2. The van der Waals surface area contributed by atoms with Crippen LogP contribution in [0, 0.1) is 50.2 Å². The molecule has 0 aromatic heterocycles. The molecule has 0 spiro atoms. The maximum Gasteiger partial charge on any atom is 1.00 e. The van der Waals surface area contributed by atoms with E-state index in [0.29, 0.717) is 12.8 Å². The van der Waals surface area contributed by atoms with Gasteiger partial charge < -0.3 is 20.3 Å². The van der Waals surface area contributed by atoms with Gasteiger partial charge >= 0.3 is 57.4 Å². The van der Waals surface area contributed by atoms with E-state index in [-0.39, 0.29) is 127 Å². The van der Waals surface area contributed by atoms with Gasteiger partial charge in [0, 0.05) is 24.3 Å². The molecule has 0 aromatic carbocycles. The summed E-state index contributed by atoms with van der Waals surface area (Å²) in [5, 5.41) is 24.1. The molecule has 0 heterocycles. The first-order chi connectivity index (χ1) is 18.8. The summed E-state index contributed by atoms with van der Waals surface area (Å²) in [4.78, 5) is 50.3. The molecule has 5 aliphatic rings. The smallest absolute Gasteiger partial charge is 0.550 e. The summed E-state index contributed by atoms with van der Waals surface area (Å²) in [6.07, 6.45) is 9.34. The molecule has 5 rings (SSSR count). The first-order valence-electron chi connectivity index (χ1n) is 15.8. The summed E-state index contributed by atoms with van der Waals surface area (Å²) < 4.78 is 0. The summed E-state index contributed by atoms with van der Waals surface area (Å²) in [5.41, 5.74) is -0.389. The van der Waals surface area contributed by atoms with Crippen LogP contribution in [0.5, 0.6) is 0 Å². The zero-order valence-electron chi connectivity index (χ0n) is 27.2. The SMILES string of the molecule is CC1(C)C2CC[C@]3(C)C(C(=O)C=C4[C@@H]5C[C@@](C)(C(=O)O)CC[C@]5(C)CC[C@]43C)[C@@]2(C)CC[C@@H]1NC(=O)CCC(=O)[O-].[K+]. The minimum atomic E-state index is -1.22. The van der Waals surface area contributed by atoms with Gasteiger partial charge in [-0.15, -0.1) is 0 Å². The van der Waals surface area contributed by atoms with Crippen LogP contribution in [0.3, 0.4) is 0 Å². The first kappa shape index (κ1) is 34.3. The van der Waals surface area contributed by atoms with E-state index in [0.717, 1.165) is 44.9 Å². The monoisotopic (exact) mass is 607 g/mol. The van der Waals surface area contributed by atoms with Crippen LogP contribution in [-0.2, 0) is 19.2 Å². The Balaban J connectivity index is 0.00000405. The number of hydrogen-bond donors (Lipinski definition) is 2. The maximum absolute atomic E-state index is 14.5. The molecule has 2 unspecified atom stereocenters. The van der Waals surface area contributed by atoms with Crippen molar-refractivity contribution in [3.05, 3.63) is 11.6 Å². The number of carboxylic acid groups (broad SMARTS) is 2. The third-order valence-electron chi connectivity index (χ3n) is 14.0. The van der Waals surface area contributed by atoms with Crippen LogP contribution in [0.1, 0.15) is 119 Å². The van der Waals surface area contributed by atoms with E-state index in [4.69, 9.17) is 0 Å². The van der Waals surface area contributed by atoms with Gasteiger partial charge in [0.1, 0.15) is 0 Å². The van der Waals surface area contributed by atoms with Gasteiger partial charge in [0.25, 0.3) is 0 Å². The molecule has 0 aromatic rings. The van der Waals surface area contributed by atoms with Gasteiger partial charge in [-0.05, 0) is 116 Å². The molecule has 0 radical (unpaired) electrons. The Labute approximate surface area is 294 Å². The van der Waals surface area contributed by atoms with E-state index < -0.39 is 17.4 Å². The van der Waals surface area contributed by atoms with Crippen molar-refractivity contribution in [1.82, 2.24) is 5.32 Å². The number of carbonyl (C=O) groups excluding carboxylic acids is 3. The number of carboxylic acids is 2. The van der Waals surface area contributed by atoms with E-state index in [2.05, 4.69) is 46.9 Å².